The summed E-state index contributed by atoms with van der Waals surface area (Å²) in [6.45, 7) is 7.51. The number of rotatable bonds is 8. The van der Waals surface area contributed by atoms with Crippen LogP contribution in [0.15, 0.2) is 33.8 Å². The van der Waals surface area contributed by atoms with Crippen molar-refractivity contribution in [2.45, 2.75) is 39.8 Å². The quantitative estimate of drug-likeness (QED) is 0.332. The summed E-state index contributed by atoms with van der Waals surface area (Å²) in [6.07, 6.45) is 0.804. The SMILES string of the molecule is CCNC(=NCc1noc(C)n1)NCC(CC)Oc1ccccc1Cl.I. The molecule has 144 valence electrons. The number of nitrogens with zero attached hydrogens (tertiary/aromatic N) is 3. The summed E-state index contributed by atoms with van der Waals surface area (Å²) < 4.78 is 10.9. The molecule has 7 nitrogen and oxygen atoms in total. The number of benzene rings is 1. The first-order valence-corrected chi connectivity index (χ1v) is 8.72. The van der Waals surface area contributed by atoms with Gasteiger partial charge in [-0.15, -0.1) is 24.0 Å². The summed E-state index contributed by atoms with van der Waals surface area (Å²) in [6, 6.07) is 7.46. The van der Waals surface area contributed by atoms with Crippen LogP contribution in [-0.4, -0.2) is 35.3 Å². The van der Waals surface area contributed by atoms with E-state index in [2.05, 4.69) is 32.7 Å². The summed E-state index contributed by atoms with van der Waals surface area (Å²) in [7, 11) is 0. The van der Waals surface area contributed by atoms with Crippen LogP contribution in [0, 0.1) is 6.92 Å². The Bertz CT molecular complexity index is 695. The predicted molar refractivity (Wildman–Crippen MR) is 113 cm³/mol. The van der Waals surface area contributed by atoms with Crippen molar-refractivity contribution in [3.63, 3.8) is 0 Å². The van der Waals surface area contributed by atoms with E-state index in [4.69, 9.17) is 20.9 Å². The van der Waals surface area contributed by atoms with Gasteiger partial charge < -0.3 is 19.9 Å². The fourth-order valence-electron chi connectivity index (χ4n) is 2.10. The molecule has 2 aromatic rings. The van der Waals surface area contributed by atoms with Gasteiger partial charge in [-0.05, 0) is 25.5 Å². The summed E-state index contributed by atoms with van der Waals surface area (Å²) in [5.74, 6) is 2.43. The van der Waals surface area contributed by atoms with Crippen molar-refractivity contribution in [2.75, 3.05) is 13.1 Å². The van der Waals surface area contributed by atoms with Crippen LogP contribution in [0.5, 0.6) is 5.75 Å². The number of hydrogen-bond acceptors (Lipinski definition) is 5. The molecule has 0 saturated heterocycles. The molecule has 0 amide bonds. The van der Waals surface area contributed by atoms with Crippen LogP contribution in [0.4, 0.5) is 0 Å². The van der Waals surface area contributed by atoms with Crippen LogP contribution in [0.25, 0.3) is 0 Å². The number of para-hydroxylation sites is 1. The third kappa shape index (κ3) is 7.36. The molecule has 0 spiro atoms. The topological polar surface area (TPSA) is 84.6 Å². The summed E-state index contributed by atoms with van der Waals surface area (Å²) in [4.78, 5) is 8.60. The van der Waals surface area contributed by atoms with Gasteiger partial charge in [-0.25, -0.2) is 4.99 Å². The van der Waals surface area contributed by atoms with Gasteiger partial charge in [0.15, 0.2) is 11.8 Å². The first kappa shape index (κ1) is 22.5. The molecule has 1 heterocycles. The lowest BCUT2D eigenvalue weighted by Crippen LogP contribution is -2.42. The van der Waals surface area contributed by atoms with E-state index in [1.165, 1.54) is 0 Å². The van der Waals surface area contributed by atoms with Crippen molar-refractivity contribution in [1.29, 1.82) is 0 Å². The minimum Gasteiger partial charge on any atom is -0.487 e. The lowest BCUT2D eigenvalue weighted by molar-refractivity contribution is 0.199. The number of guanidine groups is 1. The second kappa shape index (κ2) is 11.9. The Morgan fingerprint density at radius 3 is 2.69 bits per heavy atom. The molecule has 9 heteroatoms. The molecule has 0 saturated carbocycles. The van der Waals surface area contributed by atoms with Crippen LogP contribution >= 0.6 is 35.6 Å². The van der Waals surface area contributed by atoms with Gasteiger partial charge in [-0.1, -0.05) is 35.8 Å². The third-order valence-electron chi connectivity index (χ3n) is 3.38. The van der Waals surface area contributed by atoms with Crippen molar-refractivity contribution >= 4 is 41.5 Å². The van der Waals surface area contributed by atoms with Crippen LogP contribution < -0.4 is 15.4 Å². The molecular formula is C17H25ClIN5O2. The van der Waals surface area contributed by atoms with Crippen LogP contribution in [0.2, 0.25) is 5.02 Å². The monoisotopic (exact) mass is 493 g/mol. The van der Waals surface area contributed by atoms with E-state index < -0.39 is 0 Å². The maximum Gasteiger partial charge on any atom is 0.223 e. The van der Waals surface area contributed by atoms with Gasteiger partial charge in [0, 0.05) is 13.5 Å². The first-order chi connectivity index (χ1) is 12.1. The number of aliphatic imine (C=N–C) groups is 1. The number of aryl methyl sites for hydroxylation is 1. The van der Waals surface area contributed by atoms with Crippen LogP contribution in [-0.2, 0) is 6.54 Å². The highest BCUT2D eigenvalue weighted by Gasteiger charge is 2.11. The van der Waals surface area contributed by atoms with Crippen molar-refractivity contribution in [3.8, 4) is 5.75 Å². The van der Waals surface area contributed by atoms with E-state index in [9.17, 15) is 0 Å². The zero-order valence-corrected chi connectivity index (χ0v) is 18.2. The lowest BCUT2D eigenvalue weighted by Gasteiger charge is -2.20. The average Bonchev–Trinajstić information content (AvgIpc) is 3.03. The van der Waals surface area contributed by atoms with E-state index >= 15 is 0 Å². The van der Waals surface area contributed by atoms with Crippen molar-refractivity contribution < 1.29 is 9.26 Å². The Kier molecular flexibility index (Phi) is 10.3. The van der Waals surface area contributed by atoms with Gasteiger partial charge in [0.2, 0.25) is 5.89 Å². The highest BCUT2D eigenvalue weighted by molar-refractivity contribution is 14.0. The van der Waals surface area contributed by atoms with E-state index in [0.29, 0.717) is 41.5 Å². The molecule has 2 rings (SSSR count). The second-order valence-corrected chi connectivity index (χ2v) is 5.79. The molecule has 0 bridgehead atoms. The number of ether oxygens (including phenoxy) is 1. The minimum atomic E-state index is -0.0313. The number of halogens is 2. The highest BCUT2D eigenvalue weighted by Crippen LogP contribution is 2.24. The van der Waals surface area contributed by atoms with E-state index in [0.717, 1.165) is 13.0 Å². The maximum absolute atomic E-state index is 6.15. The molecule has 0 aliphatic heterocycles. The minimum absolute atomic E-state index is 0. The van der Waals surface area contributed by atoms with Crippen LogP contribution in [0.1, 0.15) is 32.0 Å². The third-order valence-corrected chi connectivity index (χ3v) is 3.69. The summed E-state index contributed by atoms with van der Waals surface area (Å²) in [5.41, 5.74) is 0. The standard InChI is InChI=1S/C17H24ClN5O2.HI/c1-4-13(24-15-9-7-6-8-14(15)18)10-20-17(19-5-2)21-11-16-22-12(3)25-23-16;/h6-9,13H,4-5,10-11H2,1-3H3,(H2,19,20,21);1H. The summed E-state index contributed by atoms with van der Waals surface area (Å²) in [5, 5.41) is 10.9. The van der Waals surface area contributed by atoms with E-state index in [1.54, 1.807) is 6.92 Å². The first-order valence-electron chi connectivity index (χ1n) is 8.34. The molecular weight excluding hydrogens is 469 g/mol. The molecule has 26 heavy (non-hydrogen) atoms. The molecule has 1 aromatic heterocycles. The van der Waals surface area contributed by atoms with Crippen molar-refractivity contribution in [3.05, 3.63) is 41.0 Å². The average molecular weight is 494 g/mol. The highest BCUT2D eigenvalue weighted by atomic mass is 127. The van der Waals surface area contributed by atoms with Crippen LogP contribution in [0.3, 0.4) is 0 Å². The second-order valence-electron chi connectivity index (χ2n) is 5.38. The summed E-state index contributed by atoms with van der Waals surface area (Å²) >= 11 is 6.15. The Morgan fingerprint density at radius 1 is 1.31 bits per heavy atom. The molecule has 2 N–H and O–H groups in total. The fourth-order valence-corrected chi connectivity index (χ4v) is 2.28. The van der Waals surface area contributed by atoms with Gasteiger partial charge in [0.1, 0.15) is 18.4 Å². The predicted octanol–water partition coefficient (Wildman–Crippen LogP) is 3.56. The van der Waals surface area contributed by atoms with Gasteiger partial charge in [0.05, 0.1) is 11.6 Å². The molecule has 1 aromatic carbocycles. The molecule has 0 aliphatic rings. The van der Waals surface area contributed by atoms with Crippen molar-refractivity contribution in [2.24, 2.45) is 4.99 Å². The Labute approximate surface area is 176 Å². The molecule has 1 unspecified atom stereocenters. The van der Waals surface area contributed by atoms with E-state index in [1.807, 2.05) is 31.2 Å². The number of hydrogen-bond donors (Lipinski definition) is 2. The molecule has 0 radical (unpaired) electrons. The molecule has 0 fully saturated rings. The number of aromatic nitrogens is 2. The van der Waals surface area contributed by atoms with Gasteiger partial charge in [-0.3, -0.25) is 0 Å². The Morgan fingerprint density at radius 2 is 2.08 bits per heavy atom. The number of nitrogens with one attached hydrogen (secondary N) is 2. The fraction of sp³-hybridized carbons (Fsp3) is 0.471. The lowest BCUT2D eigenvalue weighted by atomic mass is 10.2. The zero-order valence-electron chi connectivity index (χ0n) is 15.2. The maximum atomic E-state index is 6.15. The normalized spacial score (nSPS) is 12.2. The molecule has 1 atom stereocenters. The smallest absolute Gasteiger partial charge is 0.223 e. The van der Waals surface area contributed by atoms with Crippen molar-refractivity contribution in [1.82, 2.24) is 20.8 Å². The Hall–Kier alpha value is -1.55. The van der Waals surface area contributed by atoms with Gasteiger partial charge >= 0.3 is 0 Å². The van der Waals surface area contributed by atoms with E-state index in [-0.39, 0.29) is 30.1 Å². The Balaban J connectivity index is 0.00000338. The largest absolute Gasteiger partial charge is 0.487 e. The van der Waals surface area contributed by atoms with Gasteiger partial charge in [0.25, 0.3) is 0 Å². The molecule has 0 aliphatic carbocycles. The van der Waals surface area contributed by atoms with Gasteiger partial charge in [-0.2, -0.15) is 4.98 Å². The zero-order chi connectivity index (χ0) is 18.1.